The molecule has 1 atom stereocenters. The summed E-state index contributed by atoms with van der Waals surface area (Å²) < 4.78 is 35.3. The van der Waals surface area contributed by atoms with E-state index >= 15 is 0 Å². The lowest BCUT2D eigenvalue weighted by Crippen LogP contribution is -2.54. The molecule has 3 aromatic carbocycles. The van der Waals surface area contributed by atoms with Crippen molar-refractivity contribution in [2.45, 2.75) is 57.6 Å². The standard InChI is InChI=1S/C30H36BrN3O5S/c1-21-11-17-25(18-12-21)40(37,38)34(26-9-7-8-10-27(26)39-6)20-28(35)33(19-23-13-15-24(31)16-14-23)22(2)29(36)32-30(3,4)5/h7-18,22H,19-20H2,1-6H3,(H,32,36)/t22-/m0/s1. The van der Waals surface area contributed by atoms with Crippen molar-refractivity contribution in [3.8, 4) is 5.75 Å². The molecule has 0 aromatic heterocycles. The zero-order chi connectivity index (χ0) is 29.7. The minimum atomic E-state index is -4.19. The summed E-state index contributed by atoms with van der Waals surface area (Å²) in [7, 11) is -2.75. The summed E-state index contributed by atoms with van der Waals surface area (Å²) in [6.45, 7) is 8.64. The van der Waals surface area contributed by atoms with Crippen LogP contribution in [0, 0.1) is 6.92 Å². The van der Waals surface area contributed by atoms with E-state index in [1.807, 2.05) is 52.0 Å². The van der Waals surface area contributed by atoms with E-state index in [0.717, 1.165) is 19.9 Å². The van der Waals surface area contributed by atoms with Crippen LogP contribution in [-0.4, -0.2) is 50.4 Å². The van der Waals surface area contributed by atoms with Gasteiger partial charge >= 0.3 is 0 Å². The minimum Gasteiger partial charge on any atom is -0.495 e. The van der Waals surface area contributed by atoms with Gasteiger partial charge in [-0.05, 0) is 76.6 Å². The molecule has 40 heavy (non-hydrogen) atoms. The normalized spacial score (nSPS) is 12.4. The number of sulfonamides is 1. The average Bonchev–Trinajstić information content (AvgIpc) is 2.90. The van der Waals surface area contributed by atoms with Gasteiger partial charge < -0.3 is 15.0 Å². The number of anilines is 1. The molecular weight excluding hydrogens is 594 g/mol. The summed E-state index contributed by atoms with van der Waals surface area (Å²) in [6, 6.07) is 19.6. The lowest BCUT2D eigenvalue weighted by molar-refractivity contribution is -0.140. The highest BCUT2D eigenvalue weighted by atomic mass is 79.9. The third-order valence-corrected chi connectivity index (χ3v) is 8.48. The van der Waals surface area contributed by atoms with Crippen molar-refractivity contribution in [1.29, 1.82) is 0 Å². The lowest BCUT2D eigenvalue weighted by atomic mass is 10.1. The number of carbonyl (C=O) groups is 2. The fraction of sp³-hybridized carbons (Fsp3) is 0.333. The van der Waals surface area contributed by atoms with Crippen molar-refractivity contribution >= 4 is 43.5 Å². The van der Waals surface area contributed by atoms with Gasteiger partial charge in [0.05, 0.1) is 17.7 Å². The van der Waals surface area contributed by atoms with Crippen molar-refractivity contribution in [3.63, 3.8) is 0 Å². The van der Waals surface area contributed by atoms with E-state index in [0.29, 0.717) is 5.75 Å². The number of ether oxygens (including phenoxy) is 1. The summed E-state index contributed by atoms with van der Waals surface area (Å²) in [4.78, 5) is 28.7. The number of nitrogens with zero attached hydrogens (tertiary/aromatic N) is 2. The molecular formula is C30H36BrN3O5S. The summed E-state index contributed by atoms with van der Waals surface area (Å²) >= 11 is 3.42. The summed E-state index contributed by atoms with van der Waals surface area (Å²) in [6.07, 6.45) is 0. The first-order chi connectivity index (χ1) is 18.7. The highest BCUT2D eigenvalue weighted by Gasteiger charge is 2.34. The number of hydrogen-bond donors (Lipinski definition) is 1. The number of hydrogen-bond acceptors (Lipinski definition) is 5. The predicted molar refractivity (Wildman–Crippen MR) is 161 cm³/mol. The Balaban J connectivity index is 2.07. The van der Waals surface area contributed by atoms with E-state index in [9.17, 15) is 18.0 Å². The molecule has 0 aliphatic rings. The first kappa shape index (κ1) is 31.2. The number of benzene rings is 3. The fourth-order valence-corrected chi connectivity index (χ4v) is 5.72. The van der Waals surface area contributed by atoms with Crippen molar-refractivity contribution in [2.75, 3.05) is 18.0 Å². The molecule has 214 valence electrons. The molecule has 1 N–H and O–H groups in total. The van der Waals surface area contributed by atoms with E-state index in [4.69, 9.17) is 4.74 Å². The van der Waals surface area contributed by atoms with Crippen molar-refractivity contribution in [3.05, 3.63) is 88.4 Å². The number of amides is 2. The zero-order valence-corrected chi connectivity index (χ0v) is 26.0. The number of aryl methyl sites for hydroxylation is 1. The van der Waals surface area contributed by atoms with E-state index < -0.39 is 34.1 Å². The van der Waals surface area contributed by atoms with Crippen LogP contribution in [0.3, 0.4) is 0 Å². The molecule has 0 heterocycles. The Morgan fingerprint density at radius 1 is 0.975 bits per heavy atom. The minimum absolute atomic E-state index is 0.0368. The van der Waals surface area contributed by atoms with Crippen LogP contribution in [-0.2, 0) is 26.2 Å². The van der Waals surface area contributed by atoms with Crippen LogP contribution in [0.5, 0.6) is 5.75 Å². The van der Waals surface area contributed by atoms with Crippen molar-refractivity contribution < 1.29 is 22.7 Å². The van der Waals surface area contributed by atoms with E-state index in [-0.39, 0.29) is 23.0 Å². The molecule has 2 amide bonds. The topological polar surface area (TPSA) is 96.0 Å². The molecule has 3 aromatic rings. The third kappa shape index (κ3) is 7.85. The van der Waals surface area contributed by atoms with Crippen LogP contribution in [0.4, 0.5) is 5.69 Å². The molecule has 0 saturated carbocycles. The second kappa shape index (κ2) is 12.9. The van der Waals surface area contributed by atoms with Gasteiger partial charge in [0.2, 0.25) is 11.8 Å². The SMILES string of the molecule is COc1ccccc1N(CC(=O)N(Cc1ccc(Br)cc1)[C@@H](C)C(=O)NC(C)(C)C)S(=O)(=O)c1ccc(C)cc1. The number of para-hydroxylation sites is 2. The smallest absolute Gasteiger partial charge is 0.264 e. The van der Waals surface area contributed by atoms with Crippen LogP contribution in [0.15, 0.2) is 82.2 Å². The number of nitrogens with one attached hydrogen (secondary N) is 1. The molecule has 0 spiro atoms. The molecule has 0 unspecified atom stereocenters. The Kier molecular flexibility index (Phi) is 10.0. The van der Waals surface area contributed by atoms with E-state index in [1.165, 1.54) is 24.1 Å². The molecule has 3 rings (SSSR count). The van der Waals surface area contributed by atoms with Crippen LogP contribution >= 0.6 is 15.9 Å². The number of rotatable bonds is 10. The van der Waals surface area contributed by atoms with Gasteiger partial charge in [0.15, 0.2) is 0 Å². The number of methoxy groups -OCH3 is 1. The fourth-order valence-electron chi connectivity index (χ4n) is 4.03. The molecule has 0 fully saturated rings. The molecule has 8 nitrogen and oxygen atoms in total. The quantitative estimate of drug-likeness (QED) is 0.329. The average molecular weight is 631 g/mol. The maximum absolute atomic E-state index is 14.0. The van der Waals surface area contributed by atoms with E-state index in [1.54, 1.807) is 43.3 Å². The van der Waals surface area contributed by atoms with Gasteiger partial charge in [0, 0.05) is 16.6 Å². The second-order valence-electron chi connectivity index (χ2n) is 10.6. The Morgan fingerprint density at radius 3 is 2.15 bits per heavy atom. The molecule has 0 saturated heterocycles. The molecule has 0 aliphatic heterocycles. The Morgan fingerprint density at radius 2 is 1.57 bits per heavy atom. The molecule has 0 bridgehead atoms. The summed E-state index contributed by atoms with van der Waals surface area (Å²) in [5, 5.41) is 2.92. The molecule has 0 radical (unpaired) electrons. The maximum Gasteiger partial charge on any atom is 0.264 e. The van der Waals surface area contributed by atoms with Crippen LogP contribution in [0.1, 0.15) is 38.8 Å². The Bertz CT molecular complexity index is 1440. The van der Waals surface area contributed by atoms with Crippen LogP contribution in [0.25, 0.3) is 0 Å². The van der Waals surface area contributed by atoms with Gasteiger partial charge in [-0.2, -0.15) is 0 Å². The molecule has 0 aliphatic carbocycles. The van der Waals surface area contributed by atoms with Gasteiger partial charge in [0.1, 0.15) is 18.3 Å². The van der Waals surface area contributed by atoms with Crippen LogP contribution in [0.2, 0.25) is 0 Å². The summed E-state index contributed by atoms with van der Waals surface area (Å²) in [5.41, 5.74) is 1.39. The largest absolute Gasteiger partial charge is 0.495 e. The van der Waals surface area contributed by atoms with Gasteiger partial charge in [-0.25, -0.2) is 8.42 Å². The Labute approximate surface area is 245 Å². The molecule has 10 heteroatoms. The zero-order valence-electron chi connectivity index (χ0n) is 23.6. The van der Waals surface area contributed by atoms with Crippen molar-refractivity contribution in [1.82, 2.24) is 10.2 Å². The van der Waals surface area contributed by atoms with Gasteiger partial charge in [0.25, 0.3) is 10.0 Å². The van der Waals surface area contributed by atoms with Crippen LogP contribution < -0.4 is 14.4 Å². The lowest BCUT2D eigenvalue weighted by Gasteiger charge is -2.33. The highest BCUT2D eigenvalue weighted by Crippen LogP contribution is 2.32. The first-order valence-corrected chi connectivity index (χ1v) is 15.0. The van der Waals surface area contributed by atoms with E-state index in [2.05, 4.69) is 21.2 Å². The van der Waals surface area contributed by atoms with Crippen molar-refractivity contribution in [2.24, 2.45) is 0 Å². The second-order valence-corrected chi connectivity index (χ2v) is 13.3. The Hall–Kier alpha value is -3.37. The maximum atomic E-state index is 14.0. The van der Waals surface area contributed by atoms with Gasteiger partial charge in [-0.15, -0.1) is 0 Å². The number of halogens is 1. The number of carbonyl (C=O) groups excluding carboxylic acids is 2. The first-order valence-electron chi connectivity index (χ1n) is 12.8. The monoisotopic (exact) mass is 629 g/mol. The predicted octanol–water partition coefficient (Wildman–Crippen LogP) is 5.29. The highest BCUT2D eigenvalue weighted by molar-refractivity contribution is 9.10. The van der Waals surface area contributed by atoms with Gasteiger partial charge in [-0.1, -0.05) is 57.9 Å². The van der Waals surface area contributed by atoms with Gasteiger partial charge in [-0.3, -0.25) is 13.9 Å². The third-order valence-electron chi connectivity index (χ3n) is 6.17. The summed E-state index contributed by atoms with van der Waals surface area (Å²) in [5.74, 6) is -0.590.